The molecular weight excluding hydrogens is 300 g/mol. The third-order valence-electron chi connectivity index (χ3n) is 4.13. The lowest BCUT2D eigenvalue weighted by Crippen LogP contribution is -2.42. The fourth-order valence-electron chi connectivity index (χ4n) is 2.70. The predicted molar refractivity (Wildman–Crippen MR) is 87.8 cm³/mol. The second-order valence-electron chi connectivity index (χ2n) is 6.04. The van der Waals surface area contributed by atoms with Gasteiger partial charge in [0.15, 0.2) is 9.84 Å². The van der Waals surface area contributed by atoms with Crippen molar-refractivity contribution in [2.45, 2.75) is 37.9 Å². The summed E-state index contributed by atoms with van der Waals surface area (Å²) >= 11 is 0. The van der Waals surface area contributed by atoms with Crippen LogP contribution in [0.5, 0.6) is 0 Å². The average molecular weight is 324 g/mol. The maximum atomic E-state index is 11.8. The Morgan fingerprint density at radius 1 is 1.36 bits per heavy atom. The summed E-state index contributed by atoms with van der Waals surface area (Å²) in [6, 6.07) is 7.89. The third kappa shape index (κ3) is 4.47. The molecule has 6 heteroatoms. The zero-order chi connectivity index (χ0) is 16.2. The van der Waals surface area contributed by atoms with Crippen LogP contribution in [0.2, 0.25) is 0 Å². The quantitative estimate of drug-likeness (QED) is 0.869. The van der Waals surface area contributed by atoms with Gasteiger partial charge in [-0.25, -0.2) is 13.2 Å². The maximum Gasteiger partial charge on any atom is 0.314 e. The van der Waals surface area contributed by atoms with Gasteiger partial charge in [-0.3, -0.25) is 0 Å². The minimum atomic E-state index is -3.00. The highest BCUT2D eigenvalue weighted by Crippen LogP contribution is 2.19. The SMILES string of the molecule is Cc1cccc([C@@H](C)CNC(=O)NC[C@H]2CCCS2(=O)=O)c1. The normalized spacial score (nSPS) is 21.3. The first kappa shape index (κ1) is 16.8. The van der Waals surface area contributed by atoms with Gasteiger partial charge in [-0.1, -0.05) is 36.8 Å². The van der Waals surface area contributed by atoms with Crippen LogP contribution < -0.4 is 10.6 Å². The topological polar surface area (TPSA) is 75.3 Å². The van der Waals surface area contributed by atoms with Gasteiger partial charge in [-0.2, -0.15) is 0 Å². The van der Waals surface area contributed by atoms with Crippen LogP contribution in [-0.4, -0.2) is 38.5 Å². The Hall–Kier alpha value is -1.56. The lowest BCUT2D eigenvalue weighted by atomic mass is 9.99. The molecule has 1 fully saturated rings. The van der Waals surface area contributed by atoms with Crippen molar-refractivity contribution in [3.05, 3.63) is 35.4 Å². The average Bonchev–Trinajstić information content (AvgIpc) is 2.81. The zero-order valence-electron chi connectivity index (χ0n) is 13.1. The standard InChI is InChI=1S/C16H24N2O3S/c1-12-5-3-6-14(9-12)13(2)10-17-16(19)18-11-15-7-4-8-22(15,20)21/h3,5-6,9,13,15H,4,7-8,10-11H2,1-2H3,(H2,17,18,19)/t13-,15+/m0/s1. The summed E-state index contributed by atoms with van der Waals surface area (Å²) in [5.41, 5.74) is 2.37. The summed E-state index contributed by atoms with van der Waals surface area (Å²) in [7, 11) is -3.00. The number of rotatable bonds is 5. The van der Waals surface area contributed by atoms with E-state index in [0.717, 1.165) is 0 Å². The molecule has 1 aromatic rings. The Morgan fingerprint density at radius 3 is 2.77 bits per heavy atom. The first-order valence-corrected chi connectivity index (χ1v) is 9.40. The molecule has 0 bridgehead atoms. The highest BCUT2D eigenvalue weighted by Gasteiger charge is 2.31. The summed E-state index contributed by atoms with van der Waals surface area (Å²) in [5, 5.41) is 5.05. The monoisotopic (exact) mass is 324 g/mol. The smallest absolute Gasteiger partial charge is 0.314 e. The summed E-state index contributed by atoms with van der Waals surface area (Å²) in [6.07, 6.45) is 1.34. The molecule has 2 atom stereocenters. The molecule has 22 heavy (non-hydrogen) atoms. The van der Waals surface area contributed by atoms with Crippen molar-refractivity contribution in [2.75, 3.05) is 18.8 Å². The van der Waals surface area contributed by atoms with Gasteiger partial charge in [0.05, 0.1) is 11.0 Å². The molecule has 5 nitrogen and oxygen atoms in total. The Balaban J connectivity index is 1.76. The van der Waals surface area contributed by atoms with Gasteiger partial charge in [0.1, 0.15) is 0 Å². The Morgan fingerprint density at radius 2 is 2.14 bits per heavy atom. The van der Waals surface area contributed by atoms with Crippen LogP contribution in [0.4, 0.5) is 4.79 Å². The van der Waals surface area contributed by atoms with Crippen molar-refractivity contribution in [1.82, 2.24) is 10.6 Å². The van der Waals surface area contributed by atoms with Crippen LogP contribution >= 0.6 is 0 Å². The molecule has 2 amide bonds. The van der Waals surface area contributed by atoms with E-state index in [-0.39, 0.29) is 24.2 Å². The number of nitrogens with one attached hydrogen (secondary N) is 2. The number of amides is 2. The second kappa shape index (κ2) is 7.13. The van der Waals surface area contributed by atoms with Crippen molar-refractivity contribution in [2.24, 2.45) is 0 Å². The van der Waals surface area contributed by atoms with Crippen LogP contribution in [0.25, 0.3) is 0 Å². The van der Waals surface area contributed by atoms with Crippen molar-refractivity contribution < 1.29 is 13.2 Å². The summed E-state index contributed by atoms with van der Waals surface area (Å²) in [5.74, 6) is 0.451. The van der Waals surface area contributed by atoms with Crippen LogP contribution in [0.1, 0.15) is 36.8 Å². The van der Waals surface area contributed by atoms with Crippen LogP contribution in [0, 0.1) is 6.92 Å². The number of aryl methyl sites for hydroxylation is 1. The number of benzene rings is 1. The van der Waals surface area contributed by atoms with Gasteiger partial charge < -0.3 is 10.6 Å². The largest absolute Gasteiger partial charge is 0.338 e. The van der Waals surface area contributed by atoms with Gasteiger partial charge >= 0.3 is 6.03 Å². The number of hydrogen-bond donors (Lipinski definition) is 2. The van der Waals surface area contributed by atoms with E-state index in [1.54, 1.807) is 0 Å². The molecule has 2 N–H and O–H groups in total. The fourth-order valence-corrected chi connectivity index (χ4v) is 4.46. The minimum absolute atomic E-state index is 0.201. The molecular formula is C16H24N2O3S. The summed E-state index contributed by atoms with van der Waals surface area (Å²) < 4.78 is 23.4. The Bertz CT molecular complexity index is 628. The Labute approximate surface area is 132 Å². The van der Waals surface area contributed by atoms with E-state index >= 15 is 0 Å². The number of sulfone groups is 1. The number of hydrogen-bond acceptors (Lipinski definition) is 3. The second-order valence-corrected chi connectivity index (χ2v) is 8.44. The maximum absolute atomic E-state index is 11.8. The third-order valence-corrected chi connectivity index (χ3v) is 6.41. The molecule has 1 aromatic carbocycles. The summed E-state index contributed by atoms with van der Waals surface area (Å²) in [6.45, 7) is 4.81. The van der Waals surface area contributed by atoms with Gasteiger partial charge in [0.25, 0.3) is 0 Å². The zero-order valence-corrected chi connectivity index (χ0v) is 13.9. The first-order valence-electron chi connectivity index (χ1n) is 7.68. The van der Waals surface area contributed by atoms with Gasteiger partial charge in [-0.05, 0) is 31.2 Å². The lowest BCUT2D eigenvalue weighted by molar-refractivity contribution is 0.240. The Kier molecular flexibility index (Phi) is 5.45. The van der Waals surface area contributed by atoms with Gasteiger partial charge in [0, 0.05) is 13.1 Å². The molecule has 0 aliphatic carbocycles. The summed E-state index contributed by atoms with van der Waals surface area (Å²) in [4.78, 5) is 11.8. The van der Waals surface area contributed by atoms with E-state index < -0.39 is 15.1 Å². The molecule has 1 heterocycles. The molecule has 0 spiro atoms. The van der Waals surface area contributed by atoms with Crippen molar-refractivity contribution >= 4 is 15.9 Å². The molecule has 0 aromatic heterocycles. The molecule has 0 saturated carbocycles. The van der Waals surface area contributed by atoms with E-state index in [4.69, 9.17) is 0 Å². The van der Waals surface area contributed by atoms with Crippen LogP contribution in [0.3, 0.4) is 0 Å². The molecule has 0 radical (unpaired) electrons. The van der Waals surface area contributed by atoms with E-state index in [1.165, 1.54) is 11.1 Å². The highest BCUT2D eigenvalue weighted by atomic mass is 32.2. The van der Waals surface area contributed by atoms with Crippen molar-refractivity contribution in [3.63, 3.8) is 0 Å². The number of carbonyl (C=O) groups is 1. The minimum Gasteiger partial charge on any atom is -0.338 e. The lowest BCUT2D eigenvalue weighted by Gasteiger charge is -2.15. The van der Waals surface area contributed by atoms with Crippen molar-refractivity contribution in [3.8, 4) is 0 Å². The van der Waals surface area contributed by atoms with E-state index in [1.807, 2.05) is 25.1 Å². The highest BCUT2D eigenvalue weighted by molar-refractivity contribution is 7.92. The number of carbonyl (C=O) groups excluding carboxylic acids is 1. The predicted octanol–water partition coefficient (Wildman–Crippen LogP) is 1.97. The van der Waals surface area contributed by atoms with Gasteiger partial charge in [0.2, 0.25) is 0 Å². The van der Waals surface area contributed by atoms with Gasteiger partial charge in [-0.15, -0.1) is 0 Å². The molecule has 0 unspecified atom stereocenters. The number of urea groups is 1. The van der Waals surface area contributed by atoms with Crippen LogP contribution in [0.15, 0.2) is 24.3 Å². The van der Waals surface area contributed by atoms with E-state index in [2.05, 4.69) is 23.6 Å². The molecule has 1 saturated heterocycles. The fraction of sp³-hybridized carbons (Fsp3) is 0.562. The molecule has 1 aliphatic rings. The molecule has 2 rings (SSSR count). The first-order chi connectivity index (χ1) is 10.4. The van der Waals surface area contributed by atoms with Crippen LogP contribution in [-0.2, 0) is 9.84 Å². The van der Waals surface area contributed by atoms with Crippen molar-refractivity contribution in [1.29, 1.82) is 0 Å². The molecule has 1 aliphatic heterocycles. The van der Waals surface area contributed by atoms with E-state index in [9.17, 15) is 13.2 Å². The molecule has 122 valence electrons. The van der Waals surface area contributed by atoms with E-state index in [0.29, 0.717) is 19.4 Å².